The van der Waals surface area contributed by atoms with E-state index < -0.39 is 10.0 Å². The minimum Gasteiger partial charge on any atom is -0.341 e. The molecule has 1 saturated heterocycles. The highest BCUT2D eigenvalue weighted by Gasteiger charge is 2.26. The summed E-state index contributed by atoms with van der Waals surface area (Å²) >= 11 is 5.85. The monoisotopic (exact) mass is 358 g/mol. The van der Waals surface area contributed by atoms with Crippen molar-refractivity contribution in [3.8, 4) is 0 Å². The number of benzene rings is 1. The van der Waals surface area contributed by atoms with Crippen LogP contribution in [0.5, 0.6) is 0 Å². The van der Waals surface area contributed by atoms with Crippen molar-refractivity contribution in [3.05, 3.63) is 34.9 Å². The Labute approximate surface area is 143 Å². The van der Waals surface area contributed by atoms with E-state index in [-0.39, 0.29) is 19.0 Å². The van der Waals surface area contributed by atoms with Crippen LogP contribution in [0.3, 0.4) is 0 Å². The van der Waals surface area contributed by atoms with Crippen molar-refractivity contribution >= 4 is 27.5 Å². The quantitative estimate of drug-likeness (QED) is 0.811. The van der Waals surface area contributed by atoms with Gasteiger partial charge in [0.2, 0.25) is 15.9 Å². The van der Waals surface area contributed by atoms with Crippen molar-refractivity contribution in [1.82, 2.24) is 9.21 Å². The predicted octanol–water partition coefficient (Wildman–Crippen LogP) is 2.36. The number of hydrogen-bond acceptors (Lipinski definition) is 3. The van der Waals surface area contributed by atoms with Gasteiger partial charge in [0.25, 0.3) is 0 Å². The van der Waals surface area contributed by atoms with Crippen LogP contribution in [-0.4, -0.2) is 49.4 Å². The number of carbonyl (C=O) groups excluding carboxylic acids is 1. The molecule has 1 amide bonds. The van der Waals surface area contributed by atoms with Crippen LogP contribution < -0.4 is 0 Å². The summed E-state index contributed by atoms with van der Waals surface area (Å²) in [7, 11) is -3.47. The Hall–Kier alpha value is -1.11. The Morgan fingerprint density at radius 3 is 2.57 bits per heavy atom. The van der Waals surface area contributed by atoms with Crippen molar-refractivity contribution in [3.63, 3.8) is 0 Å². The lowest BCUT2D eigenvalue weighted by Gasteiger charge is -2.32. The van der Waals surface area contributed by atoms with Crippen molar-refractivity contribution in [2.24, 2.45) is 5.92 Å². The van der Waals surface area contributed by atoms with Gasteiger partial charge in [-0.25, -0.2) is 8.42 Å². The minimum atomic E-state index is -3.47. The Kier molecular flexibility index (Phi) is 6.06. The first kappa shape index (κ1) is 18.2. The summed E-state index contributed by atoms with van der Waals surface area (Å²) in [6, 6.07) is 6.97. The summed E-state index contributed by atoms with van der Waals surface area (Å²) in [6.45, 7) is 3.58. The molecule has 0 saturated carbocycles. The van der Waals surface area contributed by atoms with Gasteiger partial charge >= 0.3 is 0 Å². The molecule has 23 heavy (non-hydrogen) atoms. The summed E-state index contributed by atoms with van der Waals surface area (Å²) < 4.78 is 25.2. The highest BCUT2D eigenvalue weighted by Crippen LogP contribution is 2.17. The van der Waals surface area contributed by atoms with Gasteiger partial charge in [0.15, 0.2) is 0 Å². The Morgan fingerprint density at radius 1 is 1.35 bits per heavy atom. The second-order valence-electron chi connectivity index (χ2n) is 6.24. The predicted molar refractivity (Wildman–Crippen MR) is 91.7 cm³/mol. The summed E-state index contributed by atoms with van der Waals surface area (Å²) in [6.07, 6.45) is 3.22. The van der Waals surface area contributed by atoms with E-state index in [0.717, 1.165) is 24.7 Å². The molecule has 1 aliphatic rings. The Morgan fingerprint density at radius 2 is 2.00 bits per heavy atom. The van der Waals surface area contributed by atoms with Crippen LogP contribution in [0, 0.1) is 5.92 Å². The first-order chi connectivity index (χ1) is 10.8. The zero-order chi connectivity index (χ0) is 17.0. The van der Waals surface area contributed by atoms with E-state index >= 15 is 0 Å². The van der Waals surface area contributed by atoms with Crippen molar-refractivity contribution in [2.75, 3.05) is 25.9 Å². The SMILES string of the molecule is CC1CCCN(C(=O)CN(Cc2ccc(Cl)cc2)S(C)(=O)=O)C1. The average molecular weight is 359 g/mol. The smallest absolute Gasteiger partial charge is 0.237 e. The molecule has 0 radical (unpaired) electrons. The Bertz CT molecular complexity index is 646. The maximum atomic E-state index is 12.4. The van der Waals surface area contributed by atoms with E-state index in [1.165, 1.54) is 4.31 Å². The number of amides is 1. The lowest BCUT2D eigenvalue weighted by molar-refractivity contribution is -0.133. The third-order valence-electron chi connectivity index (χ3n) is 4.06. The number of nitrogens with zero attached hydrogens (tertiary/aromatic N) is 2. The molecule has 1 aliphatic heterocycles. The van der Waals surface area contributed by atoms with E-state index in [1.807, 2.05) is 0 Å². The van der Waals surface area contributed by atoms with E-state index in [1.54, 1.807) is 29.2 Å². The number of sulfonamides is 1. The highest BCUT2D eigenvalue weighted by molar-refractivity contribution is 7.88. The third kappa shape index (κ3) is 5.48. The van der Waals surface area contributed by atoms with Crippen LogP contribution >= 0.6 is 11.6 Å². The second kappa shape index (κ2) is 7.64. The van der Waals surface area contributed by atoms with Gasteiger partial charge in [-0.15, -0.1) is 0 Å². The zero-order valence-corrected chi connectivity index (χ0v) is 15.1. The number of rotatable bonds is 5. The van der Waals surface area contributed by atoms with Crippen LogP contribution in [0.1, 0.15) is 25.3 Å². The highest BCUT2D eigenvalue weighted by atomic mass is 35.5. The van der Waals surface area contributed by atoms with Crippen LogP contribution in [0.25, 0.3) is 0 Å². The van der Waals surface area contributed by atoms with E-state index in [2.05, 4.69) is 6.92 Å². The van der Waals surface area contributed by atoms with Gasteiger partial charge < -0.3 is 4.90 Å². The van der Waals surface area contributed by atoms with Gasteiger partial charge in [0.1, 0.15) is 0 Å². The molecule has 7 heteroatoms. The first-order valence-electron chi connectivity index (χ1n) is 7.73. The maximum Gasteiger partial charge on any atom is 0.237 e. The zero-order valence-electron chi connectivity index (χ0n) is 13.5. The molecular weight excluding hydrogens is 336 g/mol. The number of halogens is 1. The lowest BCUT2D eigenvalue weighted by atomic mass is 10.0. The van der Waals surface area contributed by atoms with Gasteiger partial charge in [-0.3, -0.25) is 4.79 Å². The standard InChI is InChI=1S/C16H23ClN2O3S/c1-13-4-3-9-18(10-13)16(20)12-19(23(2,21)22)11-14-5-7-15(17)8-6-14/h5-8,13H,3-4,9-12H2,1-2H3. The molecule has 1 aromatic carbocycles. The van der Waals surface area contributed by atoms with Crippen molar-refractivity contribution in [1.29, 1.82) is 0 Å². The van der Waals surface area contributed by atoms with Gasteiger partial charge in [-0.1, -0.05) is 30.7 Å². The van der Waals surface area contributed by atoms with Gasteiger partial charge in [-0.2, -0.15) is 4.31 Å². The maximum absolute atomic E-state index is 12.4. The molecule has 128 valence electrons. The molecule has 0 N–H and O–H groups in total. The van der Waals surface area contributed by atoms with E-state index in [4.69, 9.17) is 11.6 Å². The lowest BCUT2D eigenvalue weighted by Crippen LogP contribution is -2.45. The molecule has 0 bridgehead atoms. The second-order valence-corrected chi connectivity index (χ2v) is 8.66. The van der Waals surface area contributed by atoms with Gasteiger partial charge in [0, 0.05) is 24.7 Å². The fraction of sp³-hybridized carbons (Fsp3) is 0.562. The minimum absolute atomic E-state index is 0.117. The summed E-state index contributed by atoms with van der Waals surface area (Å²) in [4.78, 5) is 14.2. The molecule has 1 atom stereocenters. The largest absolute Gasteiger partial charge is 0.341 e. The number of likely N-dealkylation sites (tertiary alicyclic amines) is 1. The molecule has 1 unspecified atom stereocenters. The summed E-state index contributed by atoms with van der Waals surface area (Å²) in [5.41, 5.74) is 0.805. The average Bonchev–Trinajstić information content (AvgIpc) is 2.47. The first-order valence-corrected chi connectivity index (χ1v) is 9.95. The summed E-state index contributed by atoms with van der Waals surface area (Å²) in [5, 5.41) is 0.595. The fourth-order valence-corrected chi connectivity index (χ4v) is 3.61. The van der Waals surface area contributed by atoms with Crippen LogP contribution in [0.15, 0.2) is 24.3 Å². The topological polar surface area (TPSA) is 57.7 Å². The third-order valence-corrected chi connectivity index (χ3v) is 5.51. The van der Waals surface area contributed by atoms with Crippen LogP contribution in [0.2, 0.25) is 5.02 Å². The number of piperidine rings is 1. The molecule has 1 fully saturated rings. The molecule has 1 aromatic rings. The summed E-state index contributed by atoms with van der Waals surface area (Å²) in [5.74, 6) is 0.339. The normalized spacial score (nSPS) is 19.1. The number of hydrogen-bond donors (Lipinski definition) is 0. The molecule has 0 aliphatic carbocycles. The van der Waals surface area contributed by atoms with Crippen LogP contribution in [-0.2, 0) is 21.4 Å². The van der Waals surface area contributed by atoms with Gasteiger partial charge in [-0.05, 0) is 36.5 Å². The molecule has 2 rings (SSSR count). The molecule has 0 aromatic heterocycles. The van der Waals surface area contributed by atoms with Crippen molar-refractivity contribution in [2.45, 2.75) is 26.3 Å². The van der Waals surface area contributed by atoms with E-state index in [9.17, 15) is 13.2 Å². The molecule has 1 heterocycles. The molecule has 0 spiro atoms. The fourth-order valence-electron chi connectivity index (χ4n) is 2.75. The van der Waals surface area contributed by atoms with Crippen molar-refractivity contribution < 1.29 is 13.2 Å². The molecule has 5 nitrogen and oxygen atoms in total. The molecular formula is C16H23ClN2O3S. The van der Waals surface area contributed by atoms with Gasteiger partial charge in [0.05, 0.1) is 12.8 Å². The Balaban J connectivity index is 2.06. The van der Waals surface area contributed by atoms with Crippen LogP contribution in [0.4, 0.5) is 0 Å². The number of carbonyl (C=O) groups is 1. The van der Waals surface area contributed by atoms with E-state index in [0.29, 0.717) is 24.0 Å².